The van der Waals surface area contributed by atoms with Gasteiger partial charge in [-0.1, -0.05) is 46.8 Å². The summed E-state index contributed by atoms with van der Waals surface area (Å²) in [7, 11) is 2.03. The predicted molar refractivity (Wildman–Crippen MR) is 113 cm³/mol. The minimum atomic E-state index is -0.363. The van der Waals surface area contributed by atoms with Crippen molar-refractivity contribution >= 4 is 23.7 Å². The summed E-state index contributed by atoms with van der Waals surface area (Å²) in [5, 5.41) is 1.94. The first-order valence-electron chi connectivity index (χ1n) is 10.2. The van der Waals surface area contributed by atoms with E-state index in [-0.39, 0.29) is 35.3 Å². The highest BCUT2D eigenvalue weighted by atomic mass is 16.6. The summed E-state index contributed by atoms with van der Waals surface area (Å²) in [5.74, 6) is -0.735. The zero-order chi connectivity index (χ0) is 21.3. The molecule has 1 aromatic rings. The summed E-state index contributed by atoms with van der Waals surface area (Å²) in [6.45, 7) is 9.24. The molecule has 0 aromatic heterocycles. The van der Waals surface area contributed by atoms with E-state index in [1.54, 1.807) is 33.8 Å². The summed E-state index contributed by atoms with van der Waals surface area (Å²) in [6.07, 6.45) is 8.10. The summed E-state index contributed by atoms with van der Waals surface area (Å²) >= 11 is 0. The number of carbonyl (C=O) groups is 2. The Kier molecular flexibility index (Phi) is 5.96. The fraction of sp³-hybridized carbons (Fsp3) is 0.417. The van der Waals surface area contributed by atoms with Gasteiger partial charge in [-0.3, -0.25) is 9.59 Å². The maximum atomic E-state index is 12.3. The second-order valence-corrected chi connectivity index (χ2v) is 8.09. The van der Waals surface area contributed by atoms with E-state index < -0.39 is 0 Å². The molecule has 0 saturated heterocycles. The van der Waals surface area contributed by atoms with Crippen LogP contribution in [0, 0.1) is 11.8 Å². The van der Waals surface area contributed by atoms with Gasteiger partial charge in [0, 0.05) is 24.2 Å². The Morgan fingerprint density at radius 1 is 1.03 bits per heavy atom. The summed E-state index contributed by atoms with van der Waals surface area (Å²) in [6, 6.07) is 3.63. The van der Waals surface area contributed by atoms with Crippen molar-refractivity contribution in [1.29, 1.82) is 0 Å². The molecule has 5 heteroatoms. The van der Waals surface area contributed by atoms with Gasteiger partial charge in [0.2, 0.25) is 0 Å². The number of rotatable bonds is 5. The molecule has 0 N–H and O–H groups in total. The zero-order valence-corrected chi connectivity index (χ0v) is 18.0. The van der Waals surface area contributed by atoms with E-state index in [0.717, 1.165) is 23.3 Å². The van der Waals surface area contributed by atoms with Crippen LogP contribution < -0.4 is 19.9 Å². The lowest BCUT2D eigenvalue weighted by Crippen LogP contribution is -2.38. The van der Waals surface area contributed by atoms with Crippen molar-refractivity contribution in [3.8, 4) is 11.5 Å². The van der Waals surface area contributed by atoms with Crippen LogP contribution in [0.3, 0.4) is 0 Å². The van der Waals surface area contributed by atoms with Crippen molar-refractivity contribution in [2.24, 2.45) is 11.8 Å². The minimum Gasteiger partial charge on any atom is -0.422 e. The van der Waals surface area contributed by atoms with E-state index >= 15 is 0 Å². The molecule has 0 amide bonds. The maximum absolute atomic E-state index is 12.3. The molecule has 0 bridgehead atoms. The number of ether oxygens (including phenoxy) is 2. The smallest absolute Gasteiger partial charge is 0.313 e. The first-order chi connectivity index (χ1) is 13.7. The van der Waals surface area contributed by atoms with Crippen LogP contribution in [0.25, 0.3) is 11.8 Å². The van der Waals surface area contributed by atoms with E-state index in [1.807, 2.05) is 19.3 Å². The third-order valence-electron chi connectivity index (χ3n) is 5.10. The second-order valence-electron chi connectivity index (χ2n) is 8.09. The monoisotopic (exact) mass is 395 g/mol. The fourth-order valence-electron chi connectivity index (χ4n) is 3.48. The Morgan fingerprint density at radius 2 is 1.62 bits per heavy atom. The molecule has 1 aromatic carbocycles. The van der Waals surface area contributed by atoms with Crippen LogP contribution in [0.4, 0.5) is 0 Å². The molecule has 0 unspecified atom stereocenters. The molecule has 0 atom stereocenters. The van der Waals surface area contributed by atoms with Gasteiger partial charge in [0.15, 0.2) is 11.5 Å². The van der Waals surface area contributed by atoms with Crippen LogP contribution in [0.5, 0.6) is 11.5 Å². The lowest BCUT2D eigenvalue weighted by molar-refractivity contribution is -0.140. The Labute approximate surface area is 172 Å². The standard InChI is InChI=1S/C24H29NO4/c1-7-16-9-8-10-18-19-12-21(29-24(27)15(4)5)20(28-23(26)14(2)3)11-17(19)13-25(6)22(16)18/h8-9,11-15H,7,10H2,1-6H3. The van der Waals surface area contributed by atoms with E-state index in [1.165, 1.54) is 16.8 Å². The third-order valence-corrected chi connectivity index (χ3v) is 5.10. The number of fused-ring (bicyclic) bond motifs is 2. The van der Waals surface area contributed by atoms with Crippen molar-refractivity contribution in [3.05, 3.63) is 46.0 Å². The Bertz CT molecular complexity index is 1030. The van der Waals surface area contributed by atoms with E-state index in [9.17, 15) is 9.59 Å². The topological polar surface area (TPSA) is 55.8 Å². The quantitative estimate of drug-likeness (QED) is 0.566. The molecule has 0 spiro atoms. The van der Waals surface area contributed by atoms with E-state index in [4.69, 9.17) is 9.47 Å². The summed E-state index contributed by atoms with van der Waals surface area (Å²) < 4.78 is 11.2. The average Bonchev–Trinajstić information content (AvgIpc) is 2.68. The van der Waals surface area contributed by atoms with E-state index in [0.29, 0.717) is 0 Å². The molecule has 3 rings (SSSR count). The third kappa shape index (κ3) is 4.14. The lowest BCUT2D eigenvalue weighted by Gasteiger charge is -2.29. The highest BCUT2D eigenvalue weighted by Gasteiger charge is 2.23. The number of nitrogens with zero attached hydrogens (tertiary/aromatic N) is 1. The van der Waals surface area contributed by atoms with Crippen molar-refractivity contribution in [3.63, 3.8) is 0 Å². The number of hydrogen-bond donors (Lipinski definition) is 0. The van der Waals surface area contributed by atoms with Crippen molar-refractivity contribution in [2.45, 2.75) is 47.5 Å². The first-order valence-corrected chi connectivity index (χ1v) is 10.2. The number of esters is 2. The SMILES string of the molecule is CCC1=C2C(=c3cc(OC(=O)C(C)C)c(OC(=O)C(C)C)cc3=CN2C)CC=C1. The molecule has 0 fully saturated rings. The maximum Gasteiger partial charge on any atom is 0.313 e. The molecule has 0 radical (unpaired) electrons. The van der Waals surface area contributed by atoms with E-state index in [2.05, 4.69) is 24.0 Å². The van der Waals surface area contributed by atoms with Crippen molar-refractivity contribution < 1.29 is 19.1 Å². The van der Waals surface area contributed by atoms with Gasteiger partial charge in [0.05, 0.1) is 11.8 Å². The molecular formula is C24H29NO4. The van der Waals surface area contributed by atoms with Crippen LogP contribution in [0.15, 0.2) is 35.6 Å². The lowest BCUT2D eigenvalue weighted by atomic mass is 9.91. The minimum absolute atomic E-state index is 0.274. The fourth-order valence-corrected chi connectivity index (χ4v) is 3.48. The van der Waals surface area contributed by atoms with Gasteiger partial charge in [-0.05, 0) is 41.3 Å². The largest absolute Gasteiger partial charge is 0.422 e. The highest BCUT2D eigenvalue weighted by molar-refractivity contribution is 5.79. The van der Waals surface area contributed by atoms with Crippen LogP contribution in [0.2, 0.25) is 0 Å². The van der Waals surface area contributed by atoms with Crippen molar-refractivity contribution in [2.75, 3.05) is 7.05 Å². The predicted octanol–water partition coefficient (Wildman–Crippen LogP) is 3.27. The second kappa shape index (κ2) is 8.27. The molecule has 29 heavy (non-hydrogen) atoms. The first kappa shape index (κ1) is 20.9. The van der Waals surface area contributed by atoms with Crippen molar-refractivity contribution in [1.82, 2.24) is 4.90 Å². The van der Waals surface area contributed by atoms with Gasteiger partial charge in [-0.15, -0.1) is 0 Å². The van der Waals surface area contributed by atoms with Gasteiger partial charge in [-0.25, -0.2) is 0 Å². The summed E-state index contributed by atoms with van der Waals surface area (Å²) in [5.41, 5.74) is 3.65. The normalized spacial score (nSPS) is 15.3. The molecule has 5 nitrogen and oxygen atoms in total. The number of allylic oxidation sites excluding steroid dienone is 4. The van der Waals surface area contributed by atoms with Gasteiger partial charge in [-0.2, -0.15) is 0 Å². The van der Waals surface area contributed by atoms with Crippen LogP contribution in [0.1, 0.15) is 47.5 Å². The number of carbonyl (C=O) groups excluding carboxylic acids is 2. The number of benzene rings is 1. The zero-order valence-electron chi connectivity index (χ0n) is 18.0. The van der Waals surface area contributed by atoms with Crippen LogP contribution in [-0.2, 0) is 9.59 Å². The number of hydrogen-bond acceptors (Lipinski definition) is 5. The van der Waals surface area contributed by atoms with Gasteiger partial charge in [0.25, 0.3) is 0 Å². The molecule has 2 aliphatic rings. The van der Waals surface area contributed by atoms with Crippen LogP contribution >= 0.6 is 0 Å². The average molecular weight is 395 g/mol. The van der Waals surface area contributed by atoms with Gasteiger partial charge >= 0.3 is 11.9 Å². The summed E-state index contributed by atoms with van der Waals surface area (Å²) in [4.78, 5) is 26.6. The highest BCUT2D eigenvalue weighted by Crippen LogP contribution is 2.32. The van der Waals surface area contributed by atoms with Crippen LogP contribution in [-0.4, -0.2) is 23.9 Å². The van der Waals surface area contributed by atoms with Gasteiger partial charge in [0.1, 0.15) is 0 Å². The molecular weight excluding hydrogens is 366 g/mol. The Morgan fingerprint density at radius 3 is 2.17 bits per heavy atom. The molecule has 154 valence electrons. The Hall–Kier alpha value is -2.82. The Balaban J connectivity index is 2.23. The molecule has 1 heterocycles. The molecule has 1 aliphatic heterocycles. The molecule has 1 aliphatic carbocycles. The molecule has 0 saturated carbocycles. The van der Waals surface area contributed by atoms with Gasteiger partial charge < -0.3 is 14.4 Å².